The quantitative estimate of drug-likeness (QED) is 0.310. The number of aliphatic hydroxyl groups excluding tert-OH is 1. The molecule has 1 atom stereocenters. The first kappa shape index (κ1) is 22.6. The van der Waals surface area contributed by atoms with E-state index in [4.69, 9.17) is 0 Å². The predicted molar refractivity (Wildman–Crippen MR) is 126 cm³/mol. The van der Waals surface area contributed by atoms with Crippen molar-refractivity contribution in [3.05, 3.63) is 105 Å². The van der Waals surface area contributed by atoms with Crippen LogP contribution in [0.3, 0.4) is 0 Å². The van der Waals surface area contributed by atoms with Crippen LogP contribution in [-0.4, -0.2) is 35.4 Å². The zero-order valence-electron chi connectivity index (χ0n) is 16.5. The molecule has 7 heteroatoms. The van der Waals surface area contributed by atoms with E-state index in [1.807, 2.05) is 30.3 Å². The Morgan fingerprint density at radius 3 is 2.23 bits per heavy atom. The van der Waals surface area contributed by atoms with Gasteiger partial charge in [-0.15, -0.1) is 0 Å². The molecule has 0 unspecified atom stereocenters. The molecule has 3 rings (SSSR count). The molecule has 0 saturated heterocycles. The van der Waals surface area contributed by atoms with Crippen molar-refractivity contribution in [1.82, 2.24) is 10.6 Å². The minimum atomic E-state index is -1.11. The lowest BCUT2D eigenvalue weighted by molar-refractivity contribution is -0.124. The van der Waals surface area contributed by atoms with E-state index in [1.165, 1.54) is 6.07 Å². The highest BCUT2D eigenvalue weighted by Gasteiger charge is 2.21. The monoisotopic (exact) mass is 528 g/mol. The molecule has 0 saturated carbocycles. The topological polar surface area (TPSA) is 95.5 Å². The van der Waals surface area contributed by atoms with Crippen molar-refractivity contribution in [2.24, 2.45) is 0 Å². The van der Waals surface area contributed by atoms with Crippen LogP contribution in [0.1, 0.15) is 31.8 Å². The molecule has 158 valence electrons. The number of rotatable bonds is 8. The number of carbonyl (C=O) groups excluding carboxylic acids is 3. The second kappa shape index (κ2) is 10.8. The molecule has 0 spiro atoms. The summed E-state index contributed by atoms with van der Waals surface area (Å²) in [5, 5.41) is 14.8. The van der Waals surface area contributed by atoms with Gasteiger partial charge in [-0.25, -0.2) is 0 Å². The predicted octanol–water partition coefficient (Wildman–Crippen LogP) is 2.93. The summed E-state index contributed by atoms with van der Waals surface area (Å²) in [7, 11) is 0. The molecule has 0 aliphatic rings. The SMILES string of the molecule is O=C(N[C@@H](CO)C(=O)NCc1cccc(I)c1)c1cccc(C(=O)c2ccccc2)c1. The third kappa shape index (κ3) is 6.22. The summed E-state index contributed by atoms with van der Waals surface area (Å²) in [5.41, 5.74) is 2.02. The van der Waals surface area contributed by atoms with Gasteiger partial charge in [-0.05, 0) is 52.4 Å². The van der Waals surface area contributed by atoms with Gasteiger partial charge in [0.15, 0.2) is 5.78 Å². The fraction of sp³-hybridized carbons (Fsp3) is 0.125. The Morgan fingerprint density at radius 1 is 0.839 bits per heavy atom. The van der Waals surface area contributed by atoms with Gasteiger partial charge in [-0.2, -0.15) is 0 Å². The molecule has 3 aromatic carbocycles. The number of nitrogens with one attached hydrogen (secondary N) is 2. The number of hydrogen-bond donors (Lipinski definition) is 3. The Hall–Kier alpha value is -3.04. The molecule has 2 amide bonds. The molecule has 31 heavy (non-hydrogen) atoms. The number of benzene rings is 3. The lowest BCUT2D eigenvalue weighted by Gasteiger charge is -2.16. The maximum Gasteiger partial charge on any atom is 0.252 e. The van der Waals surface area contributed by atoms with Crippen molar-refractivity contribution < 1.29 is 19.5 Å². The van der Waals surface area contributed by atoms with Gasteiger partial charge in [0.05, 0.1) is 6.61 Å². The van der Waals surface area contributed by atoms with E-state index >= 15 is 0 Å². The van der Waals surface area contributed by atoms with Gasteiger partial charge < -0.3 is 15.7 Å². The van der Waals surface area contributed by atoms with Crippen LogP contribution in [0.15, 0.2) is 78.9 Å². The highest BCUT2D eigenvalue weighted by Crippen LogP contribution is 2.12. The molecule has 3 aromatic rings. The Balaban J connectivity index is 1.65. The summed E-state index contributed by atoms with van der Waals surface area (Å²) in [6.45, 7) is -0.268. The molecule has 3 N–H and O–H groups in total. The average Bonchev–Trinajstić information content (AvgIpc) is 2.81. The molecule has 0 bridgehead atoms. The van der Waals surface area contributed by atoms with Crippen LogP contribution in [0.5, 0.6) is 0 Å². The van der Waals surface area contributed by atoms with Crippen molar-refractivity contribution in [3.63, 3.8) is 0 Å². The Bertz CT molecular complexity index is 1090. The lowest BCUT2D eigenvalue weighted by atomic mass is 10.0. The van der Waals surface area contributed by atoms with E-state index in [9.17, 15) is 19.5 Å². The summed E-state index contributed by atoms with van der Waals surface area (Å²) in [4.78, 5) is 37.7. The van der Waals surface area contributed by atoms with Gasteiger partial charge in [0, 0.05) is 26.8 Å². The fourth-order valence-corrected chi connectivity index (χ4v) is 3.56. The number of hydrogen-bond acceptors (Lipinski definition) is 4. The molecule has 6 nitrogen and oxygen atoms in total. The third-order valence-electron chi connectivity index (χ3n) is 4.58. The smallest absolute Gasteiger partial charge is 0.252 e. The van der Waals surface area contributed by atoms with E-state index in [1.54, 1.807) is 42.5 Å². The number of amides is 2. The van der Waals surface area contributed by atoms with Crippen LogP contribution in [-0.2, 0) is 11.3 Å². The van der Waals surface area contributed by atoms with Gasteiger partial charge in [-0.1, -0.05) is 54.6 Å². The highest BCUT2D eigenvalue weighted by molar-refractivity contribution is 14.1. The van der Waals surface area contributed by atoms with Crippen LogP contribution in [0.25, 0.3) is 0 Å². The molecule has 0 aromatic heterocycles. The third-order valence-corrected chi connectivity index (χ3v) is 5.25. The average molecular weight is 528 g/mol. The van der Waals surface area contributed by atoms with E-state index in [0.29, 0.717) is 11.1 Å². The van der Waals surface area contributed by atoms with Gasteiger partial charge in [0.1, 0.15) is 6.04 Å². The van der Waals surface area contributed by atoms with Crippen molar-refractivity contribution in [1.29, 1.82) is 0 Å². The van der Waals surface area contributed by atoms with Crippen LogP contribution in [0, 0.1) is 3.57 Å². The highest BCUT2D eigenvalue weighted by atomic mass is 127. The minimum Gasteiger partial charge on any atom is -0.394 e. The standard InChI is InChI=1S/C24H21IN2O4/c25-20-11-4-6-16(12-20)14-26-24(31)21(15-28)27-23(30)19-10-5-9-18(13-19)22(29)17-7-2-1-3-8-17/h1-13,21,28H,14-15H2,(H,26,31)(H,27,30)/t21-/m0/s1. The van der Waals surface area contributed by atoms with Crippen molar-refractivity contribution in [2.45, 2.75) is 12.6 Å². The van der Waals surface area contributed by atoms with Crippen molar-refractivity contribution in [2.75, 3.05) is 6.61 Å². The maximum atomic E-state index is 12.6. The zero-order valence-corrected chi connectivity index (χ0v) is 18.7. The van der Waals surface area contributed by atoms with Gasteiger partial charge in [0.2, 0.25) is 5.91 Å². The maximum absolute atomic E-state index is 12.6. The lowest BCUT2D eigenvalue weighted by Crippen LogP contribution is -2.48. The summed E-state index contributed by atoms with van der Waals surface area (Å²) < 4.78 is 1.04. The van der Waals surface area contributed by atoms with Crippen LogP contribution < -0.4 is 10.6 Å². The molecular formula is C24H21IN2O4. The molecule has 0 aliphatic carbocycles. The fourth-order valence-electron chi connectivity index (χ4n) is 2.95. The minimum absolute atomic E-state index is 0.204. The molecule has 0 aliphatic heterocycles. The number of aliphatic hydroxyl groups is 1. The number of ketones is 1. The molecule has 0 fully saturated rings. The summed E-state index contributed by atoms with van der Waals surface area (Å²) in [5.74, 6) is -1.25. The van der Waals surface area contributed by atoms with Gasteiger partial charge in [0.25, 0.3) is 5.91 Å². The van der Waals surface area contributed by atoms with Crippen LogP contribution in [0.4, 0.5) is 0 Å². The summed E-state index contributed by atoms with van der Waals surface area (Å²) >= 11 is 2.18. The van der Waals surface area contributed by atoms with E-state index < -0.39 is 24.5 Å². The van der Waals surface area contributed by atoms with E-state index in [2.05, 4.69) is 33.2 Å². The van der Waals surface area contributed by atoms with Crippen molar-refractivity contribution in [3.8, 4) is 0 Å². The Labute approximate surface area is 193 Å². The normalized spacial score (nSPS) is 11.4. The molecular weight excluding hydrogens is 507 g/mol. The summed E-state index contributed by atoms with van der Waals surface area (Å²) in [6, 6.07) is 21.6. The van der Waals surface area contributed by atoms with E-state index in [-0.39, 0.29) is 17.9 Å². The van der Waals surface area contributed by atoms with Crippen LogP contribution >= 0.6 is 22.6 Å². The Kier molecular flexibility index (Phi) is 7.91. The molecule has 0 heterocycles. The first-order valence-electron chi connectivity index (χ1n) is 9.61. The van der Waals surface area contributed by atoms with Crippen LogP contribution in [0.2, 0.25) is 0 Å². The first-order valence-corrected chi connectivity index (χ1v) is 10.7. The Morgan fingerprint density at radius 2 is 1.52 bits per heavy atom. The number of carbonyl (C=O) groups is 3. The van der Waals surface area contributed by atoms with Gasteiger partial charge in [-0.3, -0.25) is 14.4 Å². The van der Waals surface area contributed by atoms with Gasteiger partial charge >= 0.3 is 0 Å². The number of halogens is 1. The largest absolute Gasteiger partial charge is 0.394 e. The zero-order chi connectivity index (χ0) is 22.2. The first-order chi connectivity index (χ1) is 15.0. The second-order valence-electron chi connectivity index (χ2n) is 6.83. The van der Waals surface area contributed by atoms with E-state index in [0.717, 1.165) is 9.13 Å². The second-order valence-corrected chi connectivity index (χ2v) is 8.08. The summed E-state index contributed by atoms with van der Waals surface area (Å²) in [6.07, 6.45) is 0. The molecule has 0 radical (unpaired) electrons. The van der Waals surface area contributed by atoms with Crippen molar-refractivity contribution >= 4 is 40.2 Å².